The first-order chi connectivity index (χ1) is 9.00. The summed E-state index contributed by atoms with van der Waals surface area (Å²) in [6.45, 7) is 10.8. The van der Waals surface area contributed by atoms with E-state index in [1.54, 1.807) is 0 Å². The van der Waals surface area contributed by atoms with Crippen LogP contribution in [0.2, 0.25) is 0 Å². The zero-order valence-electron chi connectivity index (χ0n) is 13.1. The topological polar surface area (TPSA) is 12.9 Å². The van der Waals surface area contributed by atoms with Crippen molar-refractivity contribution in [1.29, 1.82) is 0 Å². The van der Waals surface area contributed by atoms with Gasteiger partial charge in [-0.1, -0.05) is 64.1 Å². The molecule has 0 radical (unpaired) electrons. The number of rotatable bonds is 2. The second-order valence-electron chi connectivity index (χ2n) is 5.48. The van der Waals surface area contributed by atoms with Crippen molar-refractivity contribution in [3.63, 3.8) is 0 Å². The molecule has 2 rings (SSSR count). The summed E-state index contributed by atoms with van der Waals surface area (Å²) in [7, 11) is 0. The van der Waals surface area contributed by atoms with Gasteiger partial charge in [0.05, 0.1) is 0 Å². The summed E-state index contributed by atoms with van der Waals surface area (Å²) in [4.78, 5) is 4.28. The molecule has 0 unspecified atom stereocenters. The first-order valence-electron chi connectivity index (χ1n) is 6.98. The number of aromatic nitrogens is 1. The molecule has 0 saturated heterocycles. The van der Waals surface area contributed by atoms with Gasteiger partial charge in [-0.2, -0.15) is 0 Å². The first kappa shape index (κ1) is 19.6. The largest absolute Gasteiger partial charge is 0.261 e. The number of hydrogen-bond donors (Lipinski definition) is 0. The summed E-state index contributed by atoms with van der Waals surface area (Å²) < 4.78 is 0. The standard InChI is InChI=1S/C9H13N.C9H12.Ar/c1-7(2)9-5-4-8(3)6-10-9;1-8(2)9-6-4-3-5-7-9;/h4-7H,1-3H3;3-8H,1-2H3;. The molecule has 1 heterocycles. The fourth-order valence-corrected chi connectivity index (χ4v) is 1.66. The maximum absolute atomic E-state index is 4.28. The van der Waals surface area contributed by atoms with Crippen LogP contribution in [0.15, 0.2) is 48.7 Å². The van der Waals surface area contributed by atoms with Gasteiger partial charge in [-0.05, 0) is 36.0 Å². The molecule has 0 atom stereocenters. The molecule has 0 bridgehead atoms. The van der Waals surface area contributed by atoms with Crippen LogP contribution in [0.25, 0.3) is 0 Å². The molecule has 1 aromatic carbocycles. The molecule has 0 aliphatic carbocycles. The Morgan fingerprint density at radius 2 is 1.40 bits per heavy atom. The maximum atomic E-state index is 4.28. The van der Waals surface area contributed by atoms with E-state index in [4.69, 9.17) is 0 Å². The molecule has 0 aliphatic rings. The summed E-state index contributed by atoms with van der Waals surface area (Å²) in [5.41, 5.74) is 3.81. The quantitative estimate of drug-likeness (QED) is 0.730. The Kier molecular flexibility index (Phi) is 10.2. The molecule has 20 heavy (non-hydrogen) atoms. The molecule has 0 saturated carbocycles. The predicted octanol–water partition coefficient (Wildman–Crippen LogP) is 5.32. The summed E-state index contributed by atoms with van der Waals surface area (Å²) in [6.07, 6.45) is 1.91. The Hall–Kier alpha value is -0.370. The van der Waals surface area contributed by atoms with Crippen LogP contribution >= 0.6 is 0 Å². The number of nitrogens with zero attached hydrogens (tertiary/aromatic N) is 1. The molecule has 0 aliphatic heterocycles. The molecule has 0 fully saturated rings. The Balaban J connectivity index is 0.000000345. The molecule has 0 spiro atoms. The molecule has 0 N–H and O–H groups in total. The van der Waals surface area contributed by atoms with Crippen molar-refractivity contribution in [3.8, 4) is 0 Å². The molecule has 2 aromatic rings. The fraction of sp³-hybridized carbons (Fsp3) is 0.389. The van der Waals surface area contributed by atoms with Crippen LogP contribution in [0, 0.1) is 44.7 Å². The number of benzene rings is 1. The number of hydrogen-bond acceptors (Lipinski definition) is 1. The van der Waals surface area contributed by atoms with E-state index in [9.17, 15) is 0 Å². The average molecular weight is 295 g/mol. The van der Waals surface area contributed by atoms with E-state index in [1.165, 1.54) is 16.8 Å². The van der Waals surface area contributed by atoms with Gasteiger partial charge in [0.25, 0.3) is 0 Å². The minimum absolute atomic E-state index is 0. The van der Waals surface area contributed by atoms with E-state index in [0.29, 0.717) is 11.8 Å². The minimum atomic E-state index is 0. The maximum Gasteiger partial charge on any atom is 0.0429 e. The summed E-state index contributed by atoms with van der Waals surface area (Å²) in [6, 6.07) is 14.7. The zero-order valence-corrected chi connectivity index (χ0v) is 13.8. The van der Waals surface area contributed by atoms with Gasteiger partial charge in [0, 0.05) is 49.6 Å². The summed E-state index contributed by atoms with van der Waals surface area (Å²) in [5, 5.41) is 0. The normalized spacial score (nSPS) is 9.75. The van der Waals surface area contributed by atoms with Crippen molar-refractivity contribution in [2.45, 2.75) is 46.5 Å². The van der Waals surface area contributed by atoms with Crippen LogP contribution in [0.5, 0.6) is 0 Å². The van der Waals surface area contributed by atoms with Crippen LogP contribution in [0.4, 0.5) is 0 Å². The number of pyridine rings is 1. The van der Waals surface area contributed by atoms with Gasteiger partial charge in [0.1, 0.15) is 0 Å². The zero-order chi connectivity index (χ0) is 14.3. The van der Waals surface area contributed by atoms with Crippen molar-refractivity contribution in [1.82, 2.24) is 4.98 Å². The third-order valence-electron chi connectivity index (χ3n) is 2.99. The Bertz CT molecular complexity index is 461. The second kappa shape index (κ2) is 10.4. The molecular formula is C18H25ArN. The van der Waals surface area contributed by atoms with E-state index in [1.807, 2.05) is 12.3 Å². The first-order valence-corrected chi connectivity index (χ1v) is 6.98. The van der Waals surface area contributed by atoms with Gasteiger partial charge >= 0.3 is 0 Å². The third kappa shape index (κ3) is 7.42. The van der Waals surface area contributed by atoms with Crippen LogP contribution in [0.1, 0.15) is 56.4 Å². The Morgan fingerprint density at radius 1 is 0.800 bits per heavy atom. The molecule has 1 nitrogen and oxygen atoms in total. The van der Waals surface area contributed by atoms with Crippen LogP contribution in [0.3, 0.4) is 0 Å². The van der Waals surface area contributed by atoms with Crippen molar-refractivity contribution in [2.75, 3.05) is 0 Å². The smallest absolute Gasteiger partial charge is 0.0429 e. The van der Waals surface area contributed by atoms with Gasteiger partial charge < -0.3 is 0 Å². The van der Waals surface area contributed by atoms with E-state index in [-0.39, 0.29) is 37.7 Å². The van der Waals surface area contributed by atoms with Gasteiger partial charge in [-0.3, -0.25) is 4.98 Å². The molecular weight excluding hydrogens is 270 g/mol. The van der Waals surface area contributed by atoms with Crippen LogP contribution in [-0.4, -0.2) is 4.98 Å². The van der Waals surface area contributed by atoms with E-state index >= 15 is 0 Å². The van der Waals surface area contributed by atoms with Crippen LogP contribution < -0.4 is 0 Å². The van der Waals surface area contributed by atoms with Crippen molar-refractivity contribution in [3.05, 3.63) is 65.5 Å². The minimum Gasteiger partial charge on any atom is -0.261 e. The molecule has 0 amide bonds. The fourth-order valence-electron chi connectivity index (χ4n) is 1.66. The number of aryl methyl sites for hydroxylation is 1. The average Bonchev–Trinajstić information content (AvgIpc) is 2.41. The Labute approximate surface area is 153 Å². The van der Waals surface area contributed by atoms with Crippen molar-refractivity contribution < 1.29 is 37.7 Å². The van der Waals surface area contributed by atoms with E-state index in [2.05, 4.69) is 76.0 Å². The molecule has 110 valence electrons. The van der Waals surface area contributed by atoms with Crippen LogP contribution in [-0.2, 0) is 0 Å². The van der Waals surface area contributed by atoms with Gasteiger partial charge in [-0.15, -0.1) is 0 Å². The molecule has 2 heteroatoms. The summed E-state index contributed by atoms with van der Waals surface area (Å²) in [5.74, 6) is 1.20. The van der Waals surface area contributed by atoms with Crippen molar-refractivity contribution in [2.24, 2.45) is 0 Å². The molecule has 1 aromatic heterocycles. The third-order valence-corrected chi connectivity index (χ3v) is 2.99. The van der Waals surface area contributed by atoms with E-state index < -0.39 is 0 Å². The van der Waals surface area contributed by atoms with E-state index in [0.717, 1.165) is 0 Å². The second-order valence-corrected chi connectivity index (χ2v) is 5.48. The van der Waals surface area contributed by atoms with Gasteiger partial charge in [-0.25, -0.2) is 0 Å². The van der Waals surface area contributed by atoms with Crippen molar-refractivity contribution >= 4 is 0 Å². The summed E-state index contributed by atoms with van der Waals surface area (Å²) >= 11 is 0. The van der Waals surface area contributed by atoms with Gasteiger partial charge in [0.15, 0.2) is 0 Å². The SMILES string of the molecule is CC(C)c1ccccc1.Cc1ccc(C(C)C)nc1.[Ar]. The predicted molar refractivity (Wildman–Crippen MR) is 83.6 cm³/mol. The van der Waals surface area contributed by atoms with Gasteiger partial charge in [0.2, 0.25) is 0 Å². The monoisotopic (exact) mass is 295 g/mol. The Morgan fingerprint density at radius 3 is 1.75 bits per heavy atom.